The Labute approximate surface area is 108 Å². The molecule has 3 nitrogen and oxygen atoms in total. The lowest BCUT2D eigenvalue weighted by molar-refractivity contribution is 0.611. The Morgan fingerprint density at radius 2 is 2.11 bits per heavy atom. The molecule has 0 aliphatic rings. The lowest BCUT2D eigenvalue weighted by atomic mass is 10.2. The number of aromatic nitrogens is 2. The number of rotatable bonds is 5. The zero-order valence-electron chi connectivity index (χ0n) is 11.1. The number of benzene rings is 1. The molecule has 0 aliphatic carbocycles. The van der Waals surface area contributed by atoms with Crippen LogP contribution in [0.2, 0.25) is 0 Å². The van der Waals surface area contributed by atoms with Gasteiger partial charge in [-0.05, 0) is 31.0 Å². The highest BCUT2D eigenvalue weighted by Crippen LogP contribution is 2.19. The lowest BCUT2D eigenvalue weighted by Gasteiger charge is -2.07. The number of hydrogen-bond acceptors (Lipinski definition) is 2. The Kier molecular flexibility index (Phi) is 3.99. The van der Waals surface area contributed by atoms with Gasteiger partial charge in [0, 0.05) is 13.0 Å². The van der Waals surface area contributed by atoms with Crippen molar-refractivity contribution in [1.29, 1.82) is 5.26 Å². The van der Waals surface area contributed by atoms with Gasteiger partial charge in [0.25, 0.3) is 0 Å². The Balaban J connectivity index is 2.49. The van der Waals surface area contributed by atoms with Crippen molar-refractivity contribution in [3.05, 3.63) is 29.6 Å². The predicted octanol–water partition coefficient (Wildman–Crippen LogP) is 3.66. The Bertz CT molecular complexity index is 575. The summed E-state index contributed by atoms with van der Waals surface area (Å²) >= 11 is 0. The Morgan fingerprint density at radius 3 is 2.78 bits per heavy atom. The SMILES string of the molecule is CCCCn1c(CCC)nc2cc(C#N)ccc21. The summed E-state index contributed by atoms with van der Waals surface area (Å²) in [7, 11) is 0. The maximum absolute atomic E-state index is 8.93. The zero-order valence-corrected chi connectivity index (χ0v) is 11.1. The van der Waals surface area contributed by atoms with Crippen LogP contribution in [-0.4, -0.2) is 9.55 Å². The first-order chi connectivity index (χ1) is 8.80. The average molecular weight is 241 g/mol. The highest BCUT2D eigenvalue weighted by molar-refractivity contribution is 5.77. The molecule has 1 heterocycles. The maximum atomic E-state index is 8.93. The largest absolute Gasteiger partial charge is 0.328 e. The number of nitrogens with zero attached hydrogens (tertiary/aromatic N) is 3. The molecule has 0 bridgehead atoms. The summed E-state index contributed by atoms with van der Waals surface area (Å²) in [5, 5.41) is 8.93. The summed E-state index contributed by atoms with van der Waals surface area (Å²) in [6.45, 7) is 5.39. The molecule has 2 rings (SSSR count). The molecule has 0 atom stereocenters. The molecule has 0 amide bonds. The van der Waals surface area contributed by atoms with Crippen LogP contribution in [0.5, 0.6) is 0 Å². The summed E-state index contributed by atoms with van der Waals surface area (Å²) in [5.74, 6) is 1.15. The van der Waals surface area contributed by atoms with E-state index >= 15 is 0 Å². The first kappa shape index (κ1) is 12.6. The van der Waals surface area contributed by atoms with Crippen LogP contribution >= 0.6 is 0 Å². The van der Waals surface area contributed by atoms with Crippen LogP contribution in [0.3, 0.4) is 0 Å². The van der Waals surface area contributed by atoms with Gasteiger partial charge in [-0.1, -0.05) is 20.3 Å². The molecule has 2 aromatic rings. The topological polar surface area (TPSA) is 41.6 Å². The molecule has 0 saturated carbocycles. The van der Waals surface area contributed by atoms with E-state index in [1.54, 1.807) is 0 Å². The minimum absolute atomic E-state index is 0.686. The molecule has 0 N–H and O–H groups in total. The maximum Gasteiger partial charge on any atom is 0.109 e. The summed E-state index contributed by atoms with van der Waals surface area (Å²) in [6.07, 6.45) is 4.45. The van der Waals surface area contributed by atoms with Crippen LogP contribution in [0.15, 0.2) is 18.2 Å². The smallest absolute Gasteiger partial charge is 0.109 e. The number of hydrogen-bond donors (Lipinski definition) is 0. The molecule has 3 heteroatoms. The van der Waals surface area contributed by atoms with Gasteiger partial charge in [-0.2, -0.15) is 5.26 Å². The molecule has 1 aromatic heterocycles. The van der Waals surface area contributed by atoms with E-state index in [1.807, 2.05) is 18.2 Å². The third-order valence-electron chi connectivity index (χ3n) is 3.17. The second kappa shape index (κ2) is 5.68. The normalized spacial score (nSPS) is 10.7. The van der Waals surface area contributed by atoms with Crippen molar-refractivity contribution in [2.24, 2.45) is 0 Å². The van der Waals surface area contributed by atoms with E-state index in [9.17, 15) is 0 Å². The van der Waals surface area contributed by atoms with Crippen molar-refractivity contribution in [2.45, 2.75) is 46.1 Å². The van der Waals surface area contributed by atoms with Gasteiger partial charge in [0.05, 0.1) is 22.7 Å². The van der Waals surface area contributed by atoms with Gasteiger partial charge in [-0.3, -0.25) is 0 Å². The van der Waals surface area contributed by atoms with Crippen molar-refractivity contribution in [2.75, 3.05) is 0 Å². The fourth-order valence-corrected chi connectivity index (χ4v) is 2.23. The Morgan fingerprint density at radius 1 is 1.28 bits per heavy atom. The van der Waals surface area contributed by atoms with Crippen LogP contribution in [0.1, 0.15) is 44.5 Å². The number of aryl methyl sites for hydroxylation is 2. The van der Waals surface area contributed by atoms with Gasteiger partial charge in [0.1, 0.15) is 5.82 Å². The van der Waals surface area contributed by atoms with Gasteiger partial charge < -0.3 is 4.57 Å². The number of fused-ring (bicyclic) bond motifs is 1. The van der Waals surface area contributed by atoms with Crippen LogP contribution < -0.4 is 0 Å². The van der Waals surface area contributed by atoms with E-state index in [0.717, 1.165) is 36.2 Å². The van der Waals surface area contributed by atoms with Crippen molar-refractivity contribution in [1.82, 2.24) is 9.55 Å². The highest BCUT2D eigenvalue weighted by Gasteiger charge is 2.10. The van der Waals surface area contributed by atoms with Crippen molar-refractivity contribution >= 4 is 11.0 Å². The van der Waals surface area contributed by atoms with Crippen molar-refractivity contribution < 1.29 is 0 Å². The minimum atomic E-state index is 0.686. The molecule has 1 aromatic carbocycles. The fourth-order valence-electron chi connectivity index (χ4n) is 2.23. The molecule has 0 saturated heterocycles. The van der Waals surface area contributed by atoms with E-state index < -0.39 is 0 Å². The van der Waals surface area contributed by atoms with E-state index in [4.69, 9.17) is 5.26 Å². The molecule has 0 aliphatic heterocycles. The van der Waals surface area contributed by atoms with Gasteiger partial charge >= 0.3 is 0 Å². The molecule has 0 spiro atoms. The molecule has 18 heavy (non-hydrogen) atoms. The minimum Gasteiger partial charge on any atom is -0.328 e. The average Bonchev–Trinajstić information content (AvgIpc) is 2.73. The van der Waals surface area contributed by atoms with Gasteiger partial charge in [0.15, 0.2) is 0 Å². The van der Waals surface area contributed by atoms with Crippen LogP contribution in [0, 0.1) is 11.3 Å². The standard InChI is InChI=1S/C15H19N3/c1-3-5-9-18-14-8-7-12(11-16)10-13(14)17-15(18)6-4-2/h7-8,10H,3-6,9H2,1-2H3. The van der Waals surface area contributed by atoms with Gasteiger partial charge in [-0.25, -0.2) is 4.98 Å². The Hall–Kier alpha value is -1.82. The first-order valence-corrected chi connectivity index (χ1v) is 6.69. The third-order valence-corrected chi connectivity index (χ3v) is 3.17. The molecule has 0 fully saturated rings. The quantitative estimate of drug-likeness (QED) is 0.801. The van der Waals surface area contributed by atoms with Crippen LogP contribution in [0.25, 0.3) is 11.0 Å². The van der Waals surface area contributed by atoms with E-state index in [1.165, 1.54) is 12.8 Å². The van der Waals surface area contributed by atoms with E-state index in [2.05, 4.69) is 29.5 Å². The highest BCUT2D eigenvalue weighted by atomic mass is 15.1. The monoisotopic (exact) mass is 241 g/mol. The van der Waals surface area contributed by atoms with Crippen LogP contribution in [0.4, 0.5) is 0 Å². The summed E-state index contributed by atoms with van der Waals surface area (Å²) < 4.78 is 2.31. The van der Waals surface area contributed by atoms with Gasteiger partial charge in [0.2, 0.25) is 0 Å². The molecular formula is C15H19N3. The second-order valence-corrected chi connectivity index (χ2v) is 4.60. The second-order valence-electron chi connectivity index (χ2n) is 4.60. The summed E-state index contributed by atoms with van der Waals surface area (Å²) in [5.41, 5.74) is 2.80. The number of nitriles is 1. The van der Waals surface area contributed by atoms with E-state index in [-0.39, 0.29) is 0 Å². The number of unbranched alkanes of at least 4 members (excludes halogenated alkanes) is 1. The van der Waals surface area contributed by atoms with Crippen molar-refractivity contribution in [3.63, 3.8) is 0 Å². The third kappa shape index (κ3) is 2.38. The zero-order chi connectivity index (χ0) is 13.0. The number of imidazole rings is 1. The van der Waals surface area contributed by atoms with Gasteiger partial charge in [-0.15, -0.1) is 0 Å². The first-order valence-electron chi connectivity index (χ1n) is 6.69. The van der Waals surface area contributed by atoms with E-state index in [0.29, 0.717) is 5.56 Å². The molecule has 0 radical (unpaired) electrons. The molecule has 0 unspecified atom stereocenters. The summed E-state index contributed by atoms with van der Waals surface area (Å²) in [4.78, 5) is 4.68. The lowest BCUT2D eigenvalue weighted by Crippen LogP contribution is -2.03. The summed E-state index contributed by atoms with van der Waals surface area (Å²) in [6, 6.07) is 7.96. The molecular weight excluding hydrogens is 222 g/mol. The fraction of sp³-hybridized carbons (Fsp3) is 0.467. The van der Waals surface area contributed by atoms with Crippen molar-refractivity contribution in [3.8, 4) is 6.07 Å². The van der Waals surface area contributed by atoms with Crippen LogP contribution in [-0.2, 0) is 13.0 Å². The predicted molar refractivity (Wildman–Crippen MR) is 73.4 cm³/mol. The molecule has 94 valence electrons.